The number of esters is 1. The fourth-order valence-electron chi connectivity index (χ4n) is 2.51. The first-order chi connectivity index (χ1) is 14.4. The van der Waals surface area contributed by atoms with Gasteiger partial charge in [-0.1, -0.05) is 17.8 Å². The van der Waals surface area contributed by atoms with Gasteiger partial charge < -0.3 is 24.8 Å². The topological polar surface area (TPSA) is 117 Å². The zero-order chi connectivity index (χ0) is 22.1. The maximum Gasteiger partial charge on any atom is 0.343 e. The number of nitrogen functional groups attached to an aromatic ring is 1. The molecule has 0 aliphatic heterocycles. The Hall–Kier alpha value is -3.01. The van der Waals surface area contributed by atoms with Crippen LogP contribution in [0, 0.1) is 0 Å². The number of nitrogens with zero attached hydrogens (tertiary/aromatic N) is 3. The van der Waals surface area contributed by atoms with Crippen LogP contribution >= 0.6 is 11.8 Å². The Bertz CT molecular complexity index is 893. The van der Waals surface area contributed by atoms with E-state index in [0.717, 1.165) is 17.3 Å². The molecule has 2 aromatic rings. The number of anilines is 1. The minimum absolute atomic E-state index is 0.0280. The molecule has 0 fully saturated rings. The summed E-state index contributed by atoms with van der Waals surface area (Å²) in [4.78, 5) is 33.9. The molecule has 9 nitrogen and oxygen atoms in total. The molecule has 0 aliphatic carbocycles. The number of nitrogens with two attached hydrogens (primary N) is 1. The van der Waals surface area contributed by atoms with E-state index in [0.29, 0.717) is 29.6 Å². The van der Waals surface area contributed by atoms with Gasteiger partial charge in [-0.25, -0.2) is 14.8 Å². The van der Waals surface area contributed by atoms with Crippen molar-refractivity contribution in [2.24, 2.45) is 0 Å². The van der Waals surface area contributed by atoms with E-state index in [1.54, 1.807) is 33.1 Å². The summed E-state index contributed by atoms with van der Waals surface area (Å²) in [6.45, 7) is 2.48. The molecule has 1 heterocycles. The van der Waals surface area contributed by atoms with Crippen molar-refractivity contribution in [3.8, 4) is 11.5 Å². The van der Waals surface area contributed by atoms with Gasteiger partial charge in [-0.2, -0.15) is 0 Å². The van der Waals surface area contributed by atoms with E-state index in [2.05, 4.69) is 9.97 Å². The van der Waals surface area contributed by atoms with E-state index in [9.17, 15) is 9.59 Å². The first kappa shape index (κ1) is 23.3. The molecule has 0 saturated heterocycles. The van der Waals surface area contributed by atoms with E-state index in [1.807, 2.05) is 18.2 Å². The van der Waals surface area contributed by atoms with Crippen molar-refractivity contribution >= 4 is 29.5 Å². The zero-order valence-corrected chi connectivity index (χ0v) is 18.3. The summed E-state index contributed by atoms with van der Waals surface area (Å²) in [6.07, 6.45) is 1.98. The number of likely N-dealkylation sites (N-methyl/N-ethyl adjacent to an activating group) is 1. The number of carbonyl (C=O) groups excluding carboxylic acids is 2. The number of amides is 1. The summed E-state index contributed by atoms with van der Waals surface area (Å²) in [7, 11) is 4.91. The SMILES string of the molecule is CCOC(=O)c1cnc(SCC(=O)N(C)CCc2ccc(OC)c(OC)c2)nc1N. The van der Waals surface area contributed by atoms with Crippen LogP contribution in [0.15, 0.2) is 29.6 Å². The van der Waals surface area contributed by atoms with Crippen molar-refractivity contribution in [3.05, 3.63) is 35.5 Å². The van der Waals surface area contributed by atoms with Crippen LogP contribution < -0.4 is 15.2 Å². The van der Waals surface area contributed by atoms with Gasteiger partial charge in [0.2, 0.25) is 5.91 Å². The number of thioether (sulfide) groups is 1. The summed E-state index contributed by atoms with van der Waals surface area (Å²) in [6, 6.07) is 5.68. The van der Waals surface area contributed by atoms with Crippen molar-refractivity contribution in [1.82, 2.24) is 14.9 Å². The Morgan fingerprint density at radius 2 is 1.93 bits per heavy atom. The van der Waals surface area contributed by atoms with Crippen LogP contribution in [0.1, 0.15) is 22.8 Å². The summed E-state index contributed by atoms with van der Waals surface area (Å²) in [5.74, 6) is 0.853. The van der Waals surface area contributed by atoms with Gasteiger partial charge >= 0.3 is 5.97 Å². The number of hydrogen-bond acceptors (Lipinski definition) is 9. The third-order valence-electron chi connectivity index (χ3n) is 4.23. The lowest BCUT2D eigenvalue weighted by molar-refractivity contribution is -0.127. The lowest BCUT2D eigenvalue weighted by Crippen LogP contribution is -2.30. The monoisotopic (exact) mass is 434 g/mol. The fourth-order valence-corrected chi connectivity index (χ4v) is 3.27. The van der Waals surface area contributed by atoms with Crippen LogP contribution in [-0.2, 0) is 16.0 Å². The average molecular weight is 435 g/mol. The second-order valence-electron chi connectivity index (χ2n) is 6.22. The predicted octanol–water partition coefficient (Wildman–Crippen LogP) is 2.05. The molecule has 0 saturated carbocycles. The van der Waals surface area contributed by atoms with Gasteiger partial charge in [-0.15, -0.1) is 0 Å². The van der Waals surface area contributed by atoms with Crippen LogP contribution in [0.3, 0.4) is 0 Å². The number of rotatable bonds is 10. The van der Waals surface area contributed by atoms with Crippen LogP contribution in [-0.4, -0.2) is 66.9 Å². The van der Waals surface area contributed by atoms with E-state index in [4.69, 9.17) is 19.9 Å². The van der Waals surface area contributed by atoms with E-state index >= 15 is 0 Å². The van der Waals surface area contributed by atoms with Crippen molar-refractivity contribution < 1.29 is 23.8 Å². The molecule has 0 spiro atoms. The highest BCUT2D eigenvalue weighted by Crippen LogP contribution is 2.27. The third-order valence-corrected chi connectivity index (χ3v) is 5.07. The number of hydrogen-bond donors (Lipinski definition) is 1. The van der Waals surface area contributed by atoms with Crippen LogP contribution in [0.4, 0.5) is 5.82 Å². The Labute approximate surface area is 179 Å². The predicted molar refractivity (Wildman–Crippen MR) is 114 cm³/mol. The second kappa shape index (κ2) is 11.2. The lowest BCUT2D eigenvalue weighted by Gasteiger charge is -2.17. The molecule has 0 unspecified atom stereocenters. The molecule has 1 aromatic carbocycles. The molecule has 0 radical (unpaired) electrons. The molecule has 0 bridgehead atoms. The molecular formula is C20H26N4O5S. The second-order valence-corrected chi connectivity index (χ2v) is 7.16. The molecular weight excluding hydrogens is 408 g/mol. The number of ether oxygens (including phenoxy) is 3. The Kier molecular flexibility index (Phi) is 8.72. The maximum atomic E-state index is 12.4. The quantitative estimate of drug-likeness (QED) is 0.340. The number of aromatic nitrogens is 2. The van der Waals surface area contributed by atoms with E-state index < -0.39 is 5.97 Å². The summed E-state index contributed by atoms with van der Waals surface area (Å²) in [5, 5.41) is 0.321. The summed E-state index contributed by atoms with van der Waals surface area (Å²) >= 11 is 1.16. The first-order valence-electron chi connectivity index (χ1n) is 9.26. The fraction of sp³-hybridized carbons (Fsp3) is 0.400. The first-order valence-corrected chi connectivity index (χ1v) is 10.2. The smallest absolute Gasteiger partial charge is 0.343 e. The van der Waals surface area contributed by atoms with Gasteiger partial charge in [0.25, 0.3) is 0 Å². The number of benzene rings is 1. The minimum Gasteiger partial charge on any atom is -0.493 e. The largest absolute Gasteiger partial charge is 0.493 e. The Morgan fingerprint density at radius 1 is 1.20 bits per heavy atom. The molecule has 2 rings (SSSR count). The number of methoxy groups -OCH3 is 2. The van der Waals surface area contributed by atoms with Gasteiger partial charge in [-0.3, -0.25) is 4.79 Å². The van der Waals surface area contributed by atoms with Crippen molar-refractivity contribution in [3.63, 3.8) is 0 Å². The molecule has 30 heavy (non-hydrogen) atoms. The number of carbonyl (C=O) groups is 2. The van der Waals surface area contributed by atoms with Crippen molar-refractivity contribution in [1.29, 1.82) is 0 Å². The molecule has 1 amide bonds. The Balaban J connectivity index is 1.87. The van der Waals surface area contributed by atoms with Gasteiger partial charge in [-0.05, 0) is 31.0 Å². The highest BCUT2D eigenvalue weighted by molar-refractivity contribution is 7.99. The van der Waals surface area contributed by atoms with Gasteiger partial charge in [0, 0.05) is 19.8 Å². The molecule has 0 aliphatic rings. The molecule has 162 valence electrons. The average Bonchev–Trinajstić information content (AvgIpc) is 2.75. The van der Waals surface area contributed by atoms with E-state index in [-0.39, 0.29) is 29.6 Å². The van der Waals surface area contributed by atoms with Crippen molar-refractivity contribution in [2.75, 3.05) is 45.9 Å². The highest BCUT2D eigenvalue weighted by Gasteiger charge is 2.16. The molecule has 1 aromatic heterocycles. The highest BCUT2D eigenvalue weighted by atomic mass is 32.2. The van der Waals surface area contributed by atoms with Crippen LogP contribution in [0.2, 0.25) is 0 Å². The summed E-state index contributed by atoms with van der Waals surface area (Å²) in [5.41, 5.74) is 6.94. The third kappa shape index (κ3) is 6.24. The standard InChI is InChI=1S/C20H26N4O5S/c1-5-29-19(26)14-11-22-20(23-18(14)21)30-12-17(25)24(2)9-8-13-6-7-15(27-3)16(10-13)28-4/h6-7,10-11H,5,8-9,12H2,1-4H3,(H2,21,22,23). The molecule has 10 heteroatoms. The van der Waals surface area contributed by atoms with Crippen LogP contribution in [0.25, 0.3) is 0 Å². The minimum atomic E-state index is -0.572. The van der Waals surface area contributed by atoms with Gasteiger partial charge in [0.15, 0.2) is 16.7 Å². The summed E-state index contributed by atoms with van der Waals surface area (Å²) < 4.78 is 15.4. The zero-order valence-electron chi connectivity index (χ0n) is 17.5. The van der Waals surface area contributed by atoms with Crippen molar-refractivity contribution in [2.45, 2.75) is 18.5 Å². The maximum absolute atomic E-state index is 12.4. The van der Waals surface area contributed by atoms with Gasteiger partial charge in [0.1, 0.15) is 11.4 Å². The molecule has 0 atom stereocenters. The lowest BCUT2D eigenvalue weighted by atomic mass is 10.1. The van der Waals surface area contributed by atoms with Gasteiger partial charge in [0.05, 0.1) is 26.6 Å². The molecule has 2 N–H and O–H groups in total. The normalized spacial score (nSPS) is 10.4. The van der Waals surface area contributed by atoms with E-state index in [1.165, 1.54) is 6.20 Å². The Morgan fingerprint density at radius 3 is 2.57 bits per heavy atom. The van der Waals surface area contributed by atoms with Crippen LogP contribution in [0.5, 0.6) is 11.5 Å².